The summed E-state index contributed by atoms with van der Waals surface area (Å²) in [5, 5.41) is 6.81. The minimum absolute atomic E-state index is 0.0651. The molecule has 0 spiro atoms. The van der Waals surface area contributed by atoms with Crippen LogP contribution in [0, 0.1) is 0 Å². The first-order chi connectivity index (χ1) is 15.6. The Bertz CT molecular complexity index is 1080. The Balaban J connectivity index is 1.50. The molecule has 0 N–H and O–H groups in total. The quantitative estimate of drug-likeness (QED) is 0.552. The number of carbonyl (C=O) groups is 2. The number of aromatic nitrogens is 2. The highest BCUT2D eigenvalue weighted by Gasteiger charge is 2.21. The van der Waals surface area contributed by atoms with Gasteiger partial charge in [0, 0.05) is 44.0 Å². The number of methoxy groups -OCH3 is 1. The SMILES string of the molecule is COC(=O)N1CCCN(C(=O)/C=C/c2cn(Cc3ccccc3)nc2-c2cccs2)CC1. The molecule has 0 radical (unpaired) electrons. The minimum Gasteiger partial charge on any atom is -0.453 e. The van der Waals surface area contributed by atoms with E-state index in [1.54, 1.807) is 27.2 Å². The van der Waals surface area contributed by atoms with Gasteiger partial charge in [-0.1, -0.05) is 36.4 Å². The monoisotopic (exact) mass is 450 g/mol. The van der Waals surface area contributed by atoms with Crippen LogP contribution in [-0.2, 0) is 16.1 Å². The van der Waals surface area contributed by atoms with Gasteiger partial charge < -0.3 is 14.5 Å². The van der Waals surface area contributed by atoms with E-state index in [4.69, 9.17) is 9.84 Å². The molecule has 1 saturated heterocycles. The first-order valence-electron chi connectivity index (χ1n) is 10.6. The molecule has 2 amide bonds. The van der Waals surface area contributed by atoms with Crippen LogP contribution in [0.15, 0.2) is 60.1 Å². The van der Waals surface area contributed by atoms with Crippen LogP contribution in [0.3, 0.4) is 0 Å². The van der Waals surface area contributed by atoms with E-state index in [0.29, 0.717) is 32.7 Å². The predicted molar refractivity (Wildman–Crippen MR) is 125 cm³/mol. The smallest absolute Gasteiger partial charge is 0.409 e. The molecule has 3 aromatic rings. The number of ether oxygens (including phenoxy) is 1. The van der Waals surface area contributed by atoms with E-state index < -0.39 is 0 Å². The molecule has 4 rings (SSSR count). The van der Waals surface area contributed by atoms with Gasteiger partial charge in [0.25, 0.3) is 0 Å². The number of carbonyl (C=O) groups excluding carboxylic acids is 2. The van der Waals surface area contributed by atoms with Crippen LogP contribution in [-0.4, -0.2) is 64.9 Å². The van der Waals surface area contributed by atoms with Crippen molar-refractivity contribution >= 4 is 29.4 Å². The number of nitrogens with zero attached hydrogens (tertiary/aromatic N) is 4. The van der Waals surface area contributed by atoms with E-state index >= 15 is 0 Å². The highest BCUT2D eigenvalue weighted by atomic mass is 32.1. The van der Waals surface area contributed by atoms with Gasteiger partial charge in [-0.25, -0.2) is 4.79 Å². The summed E-state index contributed by atoms with van der Waals surface area (Å²) in [6.07, 6.45) is 5.81. The normalized spacial score (nSPS) is 14.5. The zero-order chi connectivity index (χ0) is 22.3. The number of hydrogen-bond acceptors (Lipinski definition) is 5. The van der Waals surface area contributed by atoms with Gasteiger partial charge >= 0.3 is 6.09 Å². The zero-order valence-corrected chi connectivity index (χ0v) is 18.8. The van der Waals surface area contributed by atoms with Crippen molar-refractivity contribution in [2.45, 2.75) is 13.0 Å². The van der Waals surface area contributed by atoms with E-state index in [1.165, 1.54) is 12.7 Å². The van der Waals surface area contributed by atoms with Gasteiger partial charge in [0.2, 0.25) is 5.91 Å². The molecule has 8 heteroatoms. The first-order valence-corrected chi connectivity index (χ1v) is 11.5. The summed E-state index contributed by atoms with van der Waals surface area (Å²) >= 11 is 1.63. The van der Waals surface area contributed by atoms with E-state index in [9.17, 15) is 9.59 Å². The molecule has 3 heterocycles. The van der Waals surface area contributed by atoms with Crippen molar-refractivity contribution in [3.63, 3.8) is 0 Å². The van der Waals surface area contributed by atoms with Gasteiger partial charge in [-0.15, -0.1) is 11.3 Å². The lowest BCUT2D eigenvalue weighted by Gasteiger charge is -2.20. The standard InChI is InChI=1S/C24H26N4O3S/c1-31-24(30)27-13-6-12-26(14-15-27)22(29)11-10-20-18-28(17-19-7-3-2-4-8-19)25-23(20)21-9-5-16-32-21/h2-5,7-11,16,18H,6,12-15,17H2,1H3/b11-10+. The predicted octanol–water partition coefficient (Wildman–Crippen LogP) is 3.97. The third-order valence-corrected chi connectivity index (χ3v) is 6.25. The Hall–Kier alpha value is -3.39. The highest BCUT2D eigenvalue weighted by Crippen LogP contribution is 2.28. The van der Waals surface area contributed by atoms with Gasteiger partial charge in [-0.3, -0.25) is 9.48 Å². The van der Waals surface area contributed by atoms with E-state index in [1.807, 2.05) is 52.7 Å². The molecule has 7 nitrogen and oxygen atoms in total. The lowest BCUT2D eigenvalue weighted by Crippen LogP contribution is -2.36. The first kappa shape index (κ1) is 21.8. The molecular weight excluding hydrogens is 424 g/mol. The van der Waals surface area contributed by atoms with Crippen LogP contribution in [0.25, 0.3) is 16.6 Å². The molecule has 0 bridgehead atoms. The van der Waals surface area contributed by atoms with Gasteiger partial charge in [0.15, 0.2) is 0 Å². The molecule has 0 unspecified atom stereocenters. The Morgan fingerprint density at radius 2 is 1.84 bits per heavy atom. The lowest BCUT2D eigenvalue weighted by atomic mass is 10.2. The fourth-order valence-electron chi connectivity index (χ4n) is 3.73. The van der Waals surface area contributed by atoms with Crippen molar-refractivity contribution in [2.24, 2.45) is 0 Å². The number of thiophene rings is 1. The second-order valence-corrected chi connectivity index (χ2v) is 8.51. The molecule has 0 aliphatic carbocycles. The Labute approximate surface area is 191 Å². The summed E-state index contributed by atoms with van der Waals surface area (Å²) in [7, 11) is 1.38. The summed E-state index contributed by atoms with van der Waals surface area (Å²) in [5.41, 5.74) is 2.94. The third-order valence-electron chi connectivity index (χ3n) is 5.38. The molecule has 0 saturated carbocycles. The molecule has 166 valence electrons. The summed E-state index contributed by atoms with van der Waals surface area (Å²) < 4.78 is 6.71. The maximum atomic E-state index is 12.8. The van der Waals surface area contributed by atoms with E-state index in [0.717, 1.165) is 22.6 Å². The highest BCUT2D eigenvalue weighted by molar-refractivity contribution is 7.13. The average Bonchev–Trinajstić information content (AvgIpc) is 3.41. The number of benzene rings is 1. The topological polar surface area (TPSA) is 67.7 Å². The number of hydrogen-bond donors (Lipinski definition) is 0. The summed E-state index contributed by atoms with van der Waals surface area (Å²) in [4.78, 5) is 29.1. The molecule has 1 aliphatic heterocycles. The molecule has 1 aliphatic rings. The number of amides is 2. The van der Waals surface area contributed by atoms with Crippen molar-refractivity contribution in [3.8, 4) is 10.6 Å². The van der Waals surface area contributed by atoms with Crippen molar-refractivity contribution in [2.75, 3.05) is 33.3 Å². The van der Waals surface area contributed by atoms with Crippen LogP contribution < -0.4 is 0 Å². The summed E-state index contributed by atoms with van der Waals surface area (Å²) in [5.74, 6) is -0.0651. The fraction of sp³-hybridized carbons (Fsp3) is 0.292. The zero-order valence-electron chi connectivity index (χ0n) is 18.0. The maximum absolute atomic E-state index is 12.8. The van der Waals surface area contributed by atoms with E-state index in [-0.39, 0.29) is 12.0 Å². The van der Waals surface area contributed by atoms with Gasteiger partial charge in [0.1, 0.15) is 5.69 Å². The minimum atomic E-state index is -0.346. The van der Waals surface area contributed by atoms with Crippen LogP contribution >= 0.6 is 11.3 Å². The van der Waals surface area contributed by atoms with Crippen LogP contribution in [0.2, 0.25) is 0 Å². The van der Waals surface area contributed by atoms with Crippen LogP contribution in [0.5, 0.6) is 0 Å². The molecular formula is C24H26N4O3S. The fourth-order valence-corrected chi connectivity index (χ4v) is 4.46. The van der Waals surface area contributed by atoms with Crippen LogP contribution in [0.4, 0.5) is 4.79 Å². The third kappa shape index (κ3) is 5.26. The maximum Gasteiger partial charge on any atom is 0.409 e. The average molecular weight is 451 g/mol. The second-order valence-electron chi connectivity index (χ2n) is 7.56. The Morgan fingerprint density at radius 3 is 2.59 bits per heavy atom. The molecule has 1 aromatic carbocycles. The van der Waals surface area contributed by atoms with Gasteiger partial charge in [0.05, 0.1) is 18.5 Å². The number of rotatable bonds is 5. The van der Waals surface area contributed by atoms with Crippen molar-refractivity contribution < 1.29 is 14.3 Å². The summed E-state index contributed by atoms with van der Waals surface area (Å²) in [6, 6.07) is 14.2. The van der Waals surface area contributed by atoms with E-state index in [2.05, 4.69) is 12.1 Å². The lowest BCUT2D eigenvalue weighted by molar-refractivity contribution is -0.125. The van der Waals surface area contributed by atoms with Gasteiger partial charge in [-0.05, 0) is 29.5 Å². The van der Waals surface area contributed by atoms with Gasteiger partial charge in [-0.2, -0.15) is 5.10 Å². The second kappa shape index (κ2) is 10.3. The largest absolute Gasteiger partial charge is 0.453 e. The summed E-state index contributed by atoms with van der Waals surface area (Å²) in [6.45, 7) is 2.83. The van der Waals surface area contributed by atoms with Crippen LogP contribution in [0.1, 0.15) is 17.5 Å². The van der Waals surface area contributed by atoms with Crippen molar-refractivity contribution in [1.82, 2.24) is 19.6 Å². The Morgan fingerprint density at radius 1 is 1.06 bits per heavy atom. The van der Waals surface area contributed by atoms with Crippen molar-refractivity contribution in [1.29, 1.82) is 0 Å². The molecule has 0 atom stereocenters. The Kier molecular flexibility index (Phi) is 7.01. The molecule has 2 aromatic heterocycles. The molecule has 32 heavy (non-hydrogen) atoms. The molecule has 1 fully saturated rings. The van der Waals surface area contributed by atoms with Crippen molar-refractivity contribution in [3.05, 3.63) is 71.2 Å².